The fourth-order valence-electron chi connectivity index (χ4n) is 2.96. The molecule has 7 heteroatoms. The number of ether oxygens (including phenoxy) is 1. The number of rotatable bonds is 6. The van der Waals surface area contributed by atoms with Crippen molar-refractivity contribution in [3.8, 4) is 0 Å². The molecule has 0 atom stereocenters. The van der Waals surface area contributed by atoms with Gasteiger partial charge in [-0.3, -0.25) is 4.99 Å². The van der Waals surface area contributed by atoms with Crippen LogP contribution in [0.3, 0.4) is 0 Å². The lowest BCUT2D eigenvalue weighted by Gasteiger charge is -2.34. The number of thiazole rings is 1. The van der Waals surface area contributed by atoms with Crippen molar-refractivity contribution in [2.24, 2.45) is 4.99 Å². The Morgan fingerprint density at radius 2 is 2.04 bits per heavy atom. The Hall–Kier alpha value is -0.410. The monoisotopic (exact) mass is 466 g/mol. The van der Waals surface area contributed by atoms with Gasteiger partial charge in [0, 0.05) is 44.1 Å². The average molecular weight is 466 g/mol. The SMILES string of the molecule is CCNC(=NCCc1sc(C)nc1C)N1CCC(OCC)CC1.I. The molecular weight excluding hydrogens is 435 g/mol. The van der Waals surface area contributed by atoms with E-state index in [1.807, 2.05) is 0 Å². The number of nitrogens with one attached hydrogen (secondary N) is 1. The molecule has 1 fully saturated rings. The van der Waals surface area contributed by atoms with E-state index in [0.29, 0.717) is 6.10 Å². The van der Waals surface area contributed by atoms with E-state index >= 15 is 0 Å². The van der Waals surface area contributed by atoms with Crippen molar-refractivity contribution < 1.29 is 4.74 Å². The van der Waals surface area contributed by atoms with Crippen molar-refractivity contribution in [3.05, 3.63) is 15.6 Å². The van der Waals surface area contributed by atoms with Crippen LogP contribution in [0.25, 0.3) is 0 Å². The minimum absolute atomic E-state index is 0. The van der Waals surface area contributed by atoms with Crippen LogP contribution in [0.15, 0.2) is 4.99 Å². The quantitative estimate of drug-likeness (QED) is 0.397. The van der Waals surface area contributed by atoms with E-state index in [-0.39, 0.29) is 24.0 Å². The van der Waals surface area contributed by atoms with E-state index in [2.05, 4.69) is 42.9 Å². The number of hydrogen-bond acceptors (Lipinski definition) is 4. The predicted molar refractivity (Wildman–Crippen MR) is 113 cm³/mol. The van der Waals surface area contributed by atoms with Gasteiger partial charge in [-0.2, -0.15) is 0 Å². The van der Waals surface area contributed by atoms with E-state index in [4.69, 9.17) is 9.73 Å². The Morgan fingerprint density at radius 1 is 1.33 bits per heavy atom. The third-order valence-corrected chi connectivity index (χ3v) is 5.21. The molecule has 0 unspecified atom stereocenters. The van der Waals surface area contributed by atoms with Crippen LogP contribution < -0.4 is 5.32 Å². The van der Waals surface area contributed by atoms with Gasteiger partial charge in [0.2, 0.25) is 0 Å². The number of aromatic nitrogens is 1. The van der Waals surface area contributed by atoms with E-state index in [9.17, 15) is 0 Å². The van der Waals surface area contributed by atoms with Crippen molar-refractivity contribution >= 4 is 41.3 Å². The molecule has 5 nitrogen and oxygen atoms in total. The Labute approximate surface area is 167 Å². The number of hydrogen-bond donors (Lipinski definition) is 1. The molecule has 1 aliphatic heterocycles. The third-order valence-electron chi connectivity index (χ3n) is 4.08. The molecule has 0 bridgehead atoms. The first-order valence-corrected chi connectivity index (χ1v) is 9.53. The summed E-state index contributed by atoms with van der Waals surface area (Å²) in [6.45, 7) is 12.9. The largest absolute Gasteiger partial charge is 0.378 e. The molecule has 1 aromatic rings. The summed E-state index contributed by atoms with van der Waals surface area (Å²) >= 11 is 1.79. The molecule has 0 aromatic carbocycles. The summed E-state index contributed by atoms with van der Waals surface area (Å²) in [4.78, 5) is 13.0. The molecule has 24 heavy (non-hydrogen) atoms. The van der Waals surface area contributed by atoms with Crippen molar-refractivity contribution in [2.45, 2.75) is 53.1 Å². The van der Waals surface area contributed by atoms with Crippen LogP contribution in [0, 0.1) is 13.8 Å². The molecule has 2 rings (SSSR count). The zero-order valence-corrected chi connectivity index (χ0v) is 18.4. The molecule has 1 saturated heterocycles. The smallest absolute Gasteiger partial charge is 0.193 e. The molecule has 0 saturated carbocycles. The van der Waals surface area contributed by atoms with Crippen molar-refractivity contribution in [1.29, 1.82) is 0 Å². The van der Waals surface area contributed by atoms with Crippen molar-refractivity contribution in [1.82, 2.24) is 15.2 Å². The van der Waals surface area contributed by atoms with Gasteiger partial charge in [-0.1, -0.05) is 0 Å². The van der Waals surface area contributed by atoms with Gasteiger partial charge < -0.3 is 15.0 Å². The Bertz CT molecular complexity index is 513. The van der Waals surface area contributed by atoms with Crippen molar-refractivity contribution in [3.63, 3.8) is 0 Å². The lowest BCUT2D eigenvalue weighted by molar-refractivity contribution is 0.0264. The number of aryl methyl sites for hydroxylation is 2. The molecule has 0 aliphatic carbocycles. The Morgan fingerprint density at radius 3 is 2.58 bits per heavy atom. The first kappa shape index (κ1) is 21.6. The van der Waals surface area contributed by atoms with Gasteiger partial charge in [0.05, 0.1) is 16.8 Å². The van der Waals surface area contributed by atoms with E-state index in [1.54, 1.807) is 11.3 Å². The number of nitrogens with zero attached hydrogens (tertiary/aromatic N) is 3. The van der Waals surface area contributed by atoms with Gasteiger partial charge >= 0.3 is 0 Å². The van der Waals surface area contributed by atoms with Crippen molar-refractivity contribution in [2.75, 3.05) is 32.8 Å². The Kier molecular flexibility index (Phi) is 10.1. The maximum Gasteiger partial charge on any atom is 0.193 e. The maximum atomic E-state index is 5.73. The van der Waals surface area contributed by atoms with Crippen LogP contribution in [0.2, 0.25) is 0 Å². The van der Waals surface area contributed by atoms with Crippen LogP contribution in [0.5, 0.6) is 0 Å². The van der Waals surface area contributed by atoms with Gasteiger partial charge in [-0.25, -0.2) is 4.98 Å². The summed E-state index contributed by atoms with van der Waals surface area (Å²) in [5.74, 6) is 1.04. The van der Waals surface area contributed by atoms with Crippen LogP contribution in [-0.4, -0.2) is 54.7 Å². The highest BCUT2D eigenvalue weighted by Gasteiger charge is 2.21. The van der Waals surface area contributed by atoms with E-state index in [1.165, 1.54) is 4.88 Å². The summed E-state index contributed by atoms with van der Waals surface area (Å²) in [7, 11) is 0. The minimum atomic E-state index is 0. The summed E-state index contributed by atoms with van der Waals surface area (Å²) in [5, 5.41) is 4.57. The van der Waals surface area contributed by atoms with E-state index in [0.717, 1.165) is 68.7 Å². The number of halogens is 1. The zero-order valence-electron chi connectivity index (χ0n) is 15.3. The maximum absolute atomic E-state index is 5.73. The lowest BCUT2D eigenvalue weighted by atomic mass is 10.1. The first-order chi connectivity index (χ1) is 11.1. The Balaban J connectivity index is 0.00000288. The fraction of sp³-hybridized carbons (Fsp3) is 0.765. The second-order valence-electron chi connectivity index (χ2n) is 5.87. The third kappa shape index (κ3) is 6.48. The molecule has 1 aromatic heterocycles. The second-order valence-corrected chi connectivity index (χ2v) is 7.16. The summed E-state index contributed by atoms with van der Waals surface area (Å²) in [5.41, 5.74) is 1.16. The molecule has 0 radical (unpaired) electrons. The molecule has 138 valence electrons. The molecule has 0 spiro atoms. The summed E-state index contributed by atoms with van der Waals surface area (Å²) in [6, 6.07) is 0. The van der Waals surface area contributed by atoms with Gasteiger partial charge in [0.25, 0.3) is 0 Å². The highest BCUT2D eigenvalue weighted by molar-refractivity contribution is 14.0. The van der Waals surface area contributed by atoms with Crippen LogP contribution in [0.1, 0.15) is 42.3 Å². The summed E-state index contributed by atoms with van der Waals surface area (Å²) < 4.78 is 5.73. The normalized spacial score (nSPS) is 16.2. The highest BCUT2D eigenvalue weighted by Crippen LogP contribution is 2.18. The molecule has 0 amide bonds. The highest BCUT2D eigenvalue weighted by atomic mass is 127. The number of aliphatic imine (C=N–C) groups is 1. The predicted octanol–water partition coefficient (Wildman–Crippen LogP) is 3.39. The van der Waals surface area contributed by atoms with Gasteiger partial charge in [-0.15, -0.1) is 35.3 Å². The van der Waals surface area contributed by atoms with Gasteiger partial charge in [0.15, 0.2) is 5.96 Å². The zero-order chi connectivity index (χ0) is 16.7. The van der Waals surface area contributed by atoms with Crippen LogP contribution in [0.4, 0.5) is 0 Å². The number of guanidine groups is 1. The van der Waals surface area contributed by atoms with Crippen LogP contribution >= 0.6 is 35.3 Å². The molecular formula is C17H31IN4OS. The van der Waals surface area contributed by atoms with E-state index < -0.39 is 0 Å². The van der Waals surface area contributed by atoms with Gasteiger partial charge in [0.1, 0.15) is 0 Å². The lowest BCUT2D eigenvalue weighted by Crippen LogP contribution is -2.47. The second kappa shape index (κ2) is 11.3. The number of likely N-dealkylation sites (tertiary alicyclic amines) is 1. The summed E-state index contributed by atoms with van der Waals surface area (Å²) in [6.07, 6.45) is 3.57. The van der Waals surface area contributed by atoms with Gasteiger partial charge in [-0.05, 0) is 40.5 Å². The topological polar surface area (TPSA) is 49.8 Å². The average Bonchev–Trinajstić information content (AvgIpc) is 2.85. The van der Waals surface area contributed by atoms with Crippen LogP contribution in [-0.2, 0) is 11.2 Å². The fourth-order valence-corrected chi connectivity index (χ4v) is 3.89. The minimum Gasteiger partial charge on any atom is -0.378 e. The number of piperidine rings is 1. The first-order valence-electron chi connectivity index (χ1n) is 8.71. The molecule has 1 N–H and O–H groups in total. The standard InChI is InChI=1S/C17H30N4OS.HI/c1-5-18-17(21-11-8-15(9-12-21)22-6-2)19-10-7-16-13(3)20-14(4)23-16;/h15H,5-12H2,1-4H3,(H,18,19);1H. The molecule has 1 aliphatic rings. The molecule has 2 heterocycles.